The number of alkyl carbamates (subject to hydrolysis) is 1. The van der Waals surface area contributed by atoms with Crippen LogP contribution in [0.2, 0.25) is 0 Å². The zero-order valence-corrected chi connectivity index (χ0v) is 27.7. The van der Waals surface area contributed by atoms with Crippen molar-refractivity contribution >= 4 is 35.6 Å². The normalized spacial score (nSPS) is 24.2. The van der Waals surface area contributed by atoms with E-state index in [0.29, 0.717) is 19.5 Å². The van der Waals surface area contributed by atoms with E-state index in [-0.39, 0.29) is 29.8 Å². The number of carbonyl (C=O) groups is 6. The van der Waals surface area contributed by atoms with Crippen LogP contribution >= 0.6 is 0 Å². The summed E-state index contributed by atoms with van der Waals surface area (Å²) in [6.45, 7) is 17.7. The van der Waals surface area contributed by atoms with Crippen LogP contribution in [0.25, 0.3) is 0 Å². The van der Waals surface area contributed by atoms with Gasteiger partial charge in [-0.3, -0.25) is 19.2 Å². The summed E-state index contributed by atoms with van der Waals surface area (Å²) in [6, 6.07) is -4.08. The summed E-state index contributed by atoms with van der Waals surface area (Å²) in [5, 5.41) is 11.0. The third-order valence-corrected chi connectivity index (χ3v) is 9.34. The molecule has 2 aliphatic carbocycles. The van der Waals surface area contributed by atoms with E-state index < -0.39 is 70.6 Å². The van der Waals surface area contributed by atoms with Gasteiger partial charge in [-0.15, -0.1) is 0 Å². The maximum atomic E-state index is 14.2. The van der Waals surface area contributed by atoms with Gasteiger partial charge in [-0.05, 0) is 47.3 Å². The molecular weight excluding hydrogens is 568 g/mol. The number of Topliss-reactive ketones (excluding diaryl/α,β-unsaturated/α-hetero) is 1. The van der Waals surface area contributed by atoms with Crippen LogP contribution in [0, 0.1) is 34.0 Å². The van der Waals surface area contributed by atoms with Gasteiger partial charge in [0.2, 0.25) is 17.6 Å². The molecule has 1 saturated heterocycles. The highest BCUT2D eigenvalue weighted by Crippen LogP contribution is 2.65. The number of hydrogen-bond donors (Lipinski definition) is 5. The minimum Gasteiger partial charge on any atom is -0.447 e. The van der Waals surface area contributed by atoms with Crippen molar-refractivity contribution in [3.63, 3.8) is 0 Å². The van der Waals surface area contributed by atoms with Crippen molar-refractivity contribution in [3.8, 4) is 0 Å². The van der Waals surface area contributed by atoms with E-state index >= 15 is 0 Å². The number of primary amides is 1. The van der Waals surface area contributed by atoms with E-state index in [2.05, 4.69) is 21.3 Å². The summed E-state index contributed by atoms with van der Waals surface area (Å²) in [6.07, 6.45) is 1.57. The minimum atomic E-state index is -1.10. The van der Waals surface area contributed by atoms with E-state index in [1.807, 2.05) is 55.4 Å². The molecule has 44 heavy (non-hydrogen) atoms. The smallest absolute Gasteiger partial charge is 0.407 e. The molecule has 248 valence electrons. The van der Waals surface area contributed by atoms with Crippen molar-refractivity contribution in [1.29, 1.82) is 0 Å². The first-order valence-corrected chi connectivity index (χ1v) is 15.6. The Labute approximate surface area is 260 Å². The van der Waals surface area contributed by atoms with Crippen LogP contribution in [0.15, 0.2) is 0 Å². The topological polar surface area (TPSA) is 189 Å². The van der Waals surface area contributed by atoms with Gasteiger partial charge in [0.25, 0.3) is 5.91 Å². The van der Waals surface area contributed by atoms with Gasteiger partial charge in [-0.25, -0.2) is 9.59 Å². The number of nitrogens with zero attached hydrogens (tertiary/aromatic N) is 1. The number of ketones is 1. The molecule has 3 aliphatic rings. The standard InChI is InChI=1S/C31H52N6O7/c1-10-33-28(43)44-15-19(29(2,3)4)35-27(42)36-23(30(5,6)7)26(41)37-14-17-20(31(17,8)9)21(37)25(40)34-18(13-16-11-12-16)22(38)24(32)39/h16-21,23H,10-15H2,1-9H3,(H2,32,39)(H,33,43)(H,34,40)(H2,35,36,42)/t17-,18?,19+,20-,21-,23+/m0/s1. The van der Waals surface area contributed by atoms with Crippen molar-refractivity contribution in [1.82, 2.24) is 26.2 Å². The predicted octanol–water partition coefficient (Wildman–Crippen LogP) is 1.68. The van der Waals surface area contributed by atoms with Gasteiger partial charge in [0.05, 0.1) is 12.1 Å². The summed E-state index contributed by atoms with van der Waals surface area (Å²) < 4.78 is 5.28. The molecule has 0 aromatic heterocycles. The number of piperidine rings is 1. The highest BCUT2D eigenvalue weighted by Gasteiger charge is 2.70. The largest absolute Gasteiger partial charge is 0.447 e. The summed E-state index contributed by atoms with van der Waals surface area (Å²) >= 11 is 0. The van der Waals surface area contributed by atoms with Crippen molar-refractivity contribution in [2.75, 3.05) is 19.7 Å². The maximum Gasteiger partial charge on any atom is 0.407 e. The Morgan fingerprint density at radius 1 is 0.955 bits per heavy atom. The molecule has 13 heteroatoms. The van der Waals surface area contributed by atoms with Gasteiger partial charge < -0.3 is 36.6 Å². The van der Waals surface area contributed by atoms with E-state index in [1.54, 1.807) is 6.92 Å². The molecule has 0 aromatic rings. The Kier molecular flexibility index (Phi) is 10.3. The molecule has 3 fully saturated rings. The fraction of sp³-hybridized carbons (Fsp3) is 0.806. The second-order valence-corrected chi connectivity index (χ2v) is 15.3. The van der Waals surface area contributed by atoms with Crippen LogP contribution < -0.4 is 27.0 Å². The van der Waals surface area contributed by atoms with E-state index in [0.717, 1.165) is 12.8 Å². The zero-order chi connectivity index (χ0) is 33.4. The second kappa shape index (κ2) is 12.9. The van der Waals surface area contributed by atoms with E-state index in [9.17, 15) is 28.8 Å². The lowest BCUT2D eigenvalue weighted by Gasteiger charge is -2.38. The predicted molar refractivity (Wildman–Crippen MR) is 163 cm³/mol. The average molecular weight is 621 g/mol. The summed E-state index contributed by atoms with van der Waals surface area (Å²) in [7, 11) is 0. The monoisotopic (exact) mass is 620 g/mol. The molecule has 0 bridgehead atoms. The van der Waals surface area contributed by atoms with E-state index in [4.69, 9.17) is 10.5 Å². The molecule has 2 saturated carbocycles. The highest BCUT2D eigenvalue weighted by molar-refractivity contribution is 6.37. The summed E-state index contributed by atoms with van der Waals surface area (Å²) in [4.78, 5) is 79.0. The number of amides is 6. The average Bonchev–Trinajstić information content (AvgIpc) is 3.74. The Morgan fingerprint density at radius 3 is 2.07 bits per heavy atom. The molecule has 13 nitrogen and oxygen atoms in total. The van der Waals surface area contributed by atoms with Crippen molar-refractivity contribution in [2.24, 2.45) is 39.7 Å². The van der Waals surface area contributed by atoms with Gasteiger partial charge in [0, 0.05) is 13.1 Å². The van der Waals surface area contributed by atoms with Crippen molar-refractivity contribution < 1.29 is 33.5 Å². The number of hydrogen-bond acceptors (Lipinski definition) is 7. The molecular formula is C31H52N6O7. The first-order valence-electron chi connectivity index (χ1n) is 15.6. The molecule has 1 aliphatic heterocycles. The molecule has 1 heterocycles. The minimum absolute atomic E-state index is 0.0713. The van der Waals surface area contributed by atoms with Crippen LogP contribution in [0.4, 0.5) is 9.59 Å². The number of nitrogens with one attached hydrogen (secondary N) is 4. The summed E-state index contributed by atoms with van der Waals surface area (Å²) in [5.74, 6) is -2.68. The Morgan fingerprint density at radius 2 is 1.57 bits per heavy atom. The lowest BCUT2D eigenvalue weighted by Crippen LogP contribution is -2.62. The number of likely N-dealkylation sites (tertiary alicyclic amines) is 1. The first kappa shape index (κ1) is 35.1. The van der Waals surface area contributed by atoms with Crippen LogP contribution in [-0.2, 0) is 23.9 Å². The molecule has 6 atom stereocenters. The highest BCUT2D eigenvalue weighted by atomic mass is 16.5. The number of urea groups is 1. The molecule has 0 spiro atoms. The first-order chi connectivity index (χ1) is 20.2. The lowest BCUT2D eigenvalue weighted by molar-refractivity contribution is -0.145. The van der Waals surface area contributed by atoms with Gasteiger partial charge in [-0.1, -0.05) is 68.2 Å². The van der Waals surface area contributed by atoms with Crippen LogP contribution in [0.5, 0.6) is 0 Å². The molecule has 6 N–H and O–H groups in total. The fourth-order valence-corrected chi connectivity index (χ4v) is 6.17. The van der Waals surface area contributed by atoms with Gasteiger partial charge >= 0.3 is 12.1 Å². The third-order valence-electron chi connectivity index (χ3n) is 9.34. The van der Waals surface area contributed by atoms with Crippen molar-refractivity contribution in [3.05, 3.63) is 0 Å². The lowest BCUT2D eigenvalue weighted by atomic mass is 9.85. The van der Waals surface area contributed by atoms with Crippen LogP contribution in [0.3, 0.4) is 0 Å². The van der Waals surface area contributed by atoms with Gasteiger partial charge in [0.15, 0.2) is 0 Å². The van der Waals surface area contributed by atoms with E-state index in [1.165, 1.54) is 4.90 Å². The van der Waals surface area contributed by atoms with Gasteiger partial charge in [-0.2, -0.15) is 0 Å². The number of ether oxygens (including phenoxy) is 1. The van der Waals surface area contributed by atoms with Crippen molar-refractivity contribution in [2.45, 2.75) is 106 Å². The Hall–Kier alpha value is -3.38. The number of nitrogens with two attached hydrogens (primary N) is 1. The second-order valence-electron chi connectivity index (χ2n) is 15.3. The maximum absolute atomic E-state index is 14.2. The molecule has 0 aromatic carbocycles. The fourth-order valence-electron chi connectivity index (χ4n) is 6.17. The van der Waals surface area contributed by atoms with Crippen LogP contribution in [0.1, 0.15) is 81.6 Å². The molecule has 1 unspecified atom stereocenters. The number of carbonyl (C=O) groups excluding carboxylic acids is 6. The van der Waals surface area contributed by atoms with Gasteiger partial charge in [0.1, 0.15) is 18.7 Å². The van der Waals surface area contributed by atoms with Crippen LogP contribution in [-0.4, -0.2) is 84.4 Å². The molecule has 0 radical (unpaired) electrons. The number of rotatable bonds is 12. The number of fused-ring (bicyclic) bond motifs is 1. The Balaban J connectivity index is 1.79. The molecule has 3 rings (SSSR count). The third kappa shape index (κ3) is 8.20. The quantitative estimate of drug-likeness (QED) is 0.205. The SMILES string of the molecule is CCNC(=O)OC[C@@H](NC(=O)N[C@H](C(=O)N1C[C@H]2[C@@H]([C@H]1C(=O)NC(CC1CC1)C(=O)C(N)=O)C2(C)C)C(C)(C)C)C(C)(C)C. The summed E-state index contributed by atoms with van der Waals surface area (Å²) in [5.41, 5.74) is 3.88. The molecule has 6 amide bonds. The Bertz CT molecular complexity index is 1150. The zero-order valence-electron chi connectivity index (χ0n) is 27.7.